The summed E-state index contributed by atoms with van der Waals surface area (Å²) in [4.78, 5) is 18.8. The number of hydrogen-bond acceptors (Lipinski definition) is 4. The number of carbonyl (C=O) groups excluding carboxylic acids is 1. The summed E-state index contributed by atoms with van der Waals surface area (Å²) in [6.07, 6.45) is 0. The van der Waals surface area contributed by atoms with Crippen LogP contribution in [0.4, 0.5) is 11.4 Å². The van der Waals surface area contributed by atoms with Crippen molar-refractivity contribution in [3.8, 4) is 0 Å². The lowest BCUT2D eigenvalue weighted by Crippen LogP contribution is -2.13. The molecule has 0 unspecified atom stereocenters. The molecule has 0 fully saturated rings. The number of thiophene rings is 1. The van der Waals surface area contributed by atoms with Crippen LogP contribution in [0, 0.1) is 20.8 Å². The molecule has 0 saturated carbocycles. The maximum atomic E-state index is 12.8. The van der Waals surface area contributed by atoms with Gasteiger partial charge in [0, 0.05) is 16.5 Å². The first-order valence-corrected chi connectivity index (χ1v) is 9.22. The summed E-state index contributed by atoms with van der Waals surface area (Å²) in [6.45, 7) is 6.07. The first kappa shape index (κ1) is 16.5. The van der Waals surface area contributed by atoms with Gasteiger partial charge in [0.1, 0.15) is 9.71 Å². The molecule has 3 N–H and O–H groups in total. The van der Waals surface area contributed by atoms with Gasteiger partial charge in [0.15, 0.2) is 0 Å². The van der Waals surface area contributed by atoms with Crippen LogP contribution >= 0.6 is 11.3 Å². The number of pyridine rings is 1. The van der Waals surface area contributed by atoms with E-state index in [1.807, 2.05) is 57.2 Å². The quantitative estimate of drug-likeness (QED) is 0.515. The number of fused-ring (bicyclic) bond motifs is 2. The molecule has 130 valence electrons. The molecule has 0 aliphatic rings. The smallest absolute Gasteiger partial charge is 0.267 e. The van der Waals surface area contributed by atoms with Crippen LogP contribution in [0.25, 0.3) is 21.1 Å². The van der Waals surface area contributed by atoms with Gasteiger partial charge in [-0.25, -0.2) is 4.98 Å². The van der Waals surface area contributed by atoms with E-state index in [1.54, 1.807) is 0 Å². The second-order valence-electron chi connectivity index (χ2n) is 6.58. The molecule has 1 amide bonds. The Morgan fingerprint density at radius 2 is 1.92 bits per heavy atom. The number of rotatable bonds is 2. The number of anilines is 2. The summed E-state index contributed by atoms with van der Waals surface area (Å²) in [5.74, 6) is -0.195. The second kappa shape index (κ2) is 6.11. The maximum Gasteiger partial charge on any atom is 0.267 e. The largest absolute Gasteiger partial charge is 0.397 e. The van der Waals surface area contributed by atoms with Crippen LogP contribution in [-0.2, 0) is 0 Å². The van der Waals surface area contributed by atoms with Crippen molar-refractivity contribution in [2.24, 2.45) is 0 Å². The topological polar surface area (TPSA) is 68.0 Å². The zero-order chi connectivity index (χ0) is 18.4. The Morgan fingerprint density at radius 1 is 1.12 bits per heavy atom. The highest BCUT2D eigenvalue weighted by Gasteiger charge is 2.18. The van der Waals surface area contributed by atoms with Crippen LogP contribution in [0.1, 0.15) is 26.4 Å². The molecule has 0 bridgehead atoms. The average molecular weight is 361 g/mol. The zero-order valence-electron chi connectivity index (χ0n) is 14.9. The van der Waals surface area contributed by atoms with Crippen LogP contribution in [-0.4, -0.2) is 10.9 Å². The van der Waals surface area contributed by atoms with Crippen LogP contribution in [0.2, 0.25) is 0 Å². The fraction of sp³-hybridized carbons (Fsp3) is 0.143. The van der Waals surface area contributed by atoms with E-state index in [1.165, 1.54) is 16.9 Å². The number of nitrogens with zero attached hydrogens (tertiary/aromatic N) is 1. The van der Waals surface area contributed by atoms with Gasteiger partial charge in [0.25, 0.3) is 5.91 Å². The van der Waals surface area contributed by atoms with Crippen molar-refractivity contribution in [3.05, 3.63) is 64.0 Å². The lowest BCUT2D eigenvalue weighted by molar-refractivity contribution is 0.103. The van der Waals surface area contributed by atoms with Gasteiger partial charge in [-0.1, -0.05) is 23.8 Å². The summed E-state index contributed by atoms with van der Waals surface area (Å²) in [5.41, 5.74) is 11.9. The normalized spacial score (nSPS) is 11.2. The Bertz CT molecular complexity index is 1180. The van der Waals surface area contributed by atoms with E-state index >= 15 is 0 Å². The number of aryl methyl sites for hydroxylation is 2. The molecule has 0 radical (unpaired) electrons. The Balaban J connectivity index is 1.78. The standard InChI is InChI=1S/C21H19N3OS/c1-11-7-8-17-14(9-11)10-15-18(22)19(26-21(15)24-17)20(25)23-16-6-4-5-12(2)13(16)3/h4-10H,22H2,1-3H3,(H,23,25). The number of aromatic nitrogens is 1. The van der Waals surface area contributed by atoms with Crippen LogP contribution < -0.4 is 11.1 Å². The van der Waals surface area contributed by atoms with Crippen molar-refractivity contribution in [1.29, 1.82) is 0 Å². The molecule has 0 atom stereocenters. The predicted octanol–water partition coefficient (Wildman–Crippen LogP) is 5.21. The molecule has 5 heteroatoms. The number of carbonyl (C=O) groups is 1. The minimum Gasteiger partial charge on any atom is -0.397 e. The first-order valence-electron chi connectivity index (χ1n) is 8.41. The molecule has 0 saturated heterocycles. The first-order chi connectivity index (χ1) is 12.4. The van der Waals surface area contributed by atoms with Crippen molar-refractivity contribution in [3.63, 3.8) is 0 Å². The average Bonchev–Trinajstić information content (AvgIpc) is 2.93. The molecule has 4 nitrogen and oxygen atoms in total. The van der Waals surface area contributed by atoms with Crippen LogP contribution in [0.5, 0.6) is 0 Å². The molecule has 0 aliphatic heterocycles. The van der Waals surface area contributed by atoms with Gasteiger partial charge in [-0.2, -0.15) is 0 Å². The minimum absolute atomic E-state index is 0.195. The van der Waals surface area contributed by atoms with Gasteiger partial charge >= 0.3 is 0 Å². The molecule has 26 heavy (non-hydrogen) atoms. The summed E-state index contributed by atoms with van der Waals surface area (Å²) in [7, 11) is 0. The van der Waals surface area contributed by atoms with E-state index in [0.29, 0.717) is 10.6 Å². The summed E-state index contributed by atoms with van der Waals surface area (Å²) in [5, 5.41) is 4.85. The highest BCUT2D eigenvalue weighted by Crippen LogP contribution is 2.35. The van der Waals surface area contributed by atoms with E-state index in [0.717, 1.165) is 37.9 Å². The van der Waals surface area contributed by atoms with Crippen molar-refractivity contribution in [2.45, 2.75) is 20.8 Å². The SMILES string of the molecule is Cc1ccc2nc3sc(C(=O)Nc4cccc(C)c4C)c(N)c3cc2c1. The molecular formula is C21H19N3OS. The molecule has 2 aromatic heterocycles. The number of hydrogen-bond donors (Lipinski definition) is 2. The lowest BCUT2D eigenvalue weighted by Gasteiger charge is -2.09. The van der Waals surface area contributed by atoms with Crippen molar-refractivity contribution in [2.75, 3.05) is 11.1 Å². The third-order valence-corrected chi connectivity index (χ3v) is 5.84. The Kier molecular flexibility index (Phi) is 3.89. The Morgan fingerprint density at radius 3 is 2.73 bits per heavy atom. The second-order valence-corrected chi connectivity index (χ2v) is 7.58. The number of nitrogens with one attached hydrogen (secondary N) is 1. The monoisotopic (exact) mass is 361 g/mol. The van der Waals surface area contributed by atoms with E-state index in [9.17, 15) is 4.79 Å². The van der Waals surface area contributed by atoms with Gasteiger partial charge < -0.3 is 11.1 Å². The van der Waals surface area contributed by atoms with Crippen molar-refractivity contribution in [1.82, 2.24) is 4.98 Å². The fourth-order valence-corrected chi connectivity index (χ4v) is 4.04. The number of nitrogens with two attached hydrogens (primary N) is 1. The third kappa shape index (κ3) is 2.70. The summed E-state index contributed by atoms with van der Waals surface area (Å²) >= 11 is 1.33. The van der Waals surface area contributed by atoms with Gasteiger partial charge in [-0.05, 0) is 56.2 Å². The predicted molar refractivity (Wildman–Crippen MR) is 110 cm³/mol. The Hall–Kier alpha value is -2.92. The molecule has 4 aromatic rings. The third-order valence-electron chi connectivity index (χ3n) is 4.73. The molecule has 2 heterocycles. The van der Waals surface area contributed by atoms with Crippen LogP contribution in [0.3, 0.4) is 0 Å². The summed E-state index contributed by atoms with van der Waals surface area (Å²) < 4.78 is 0. The maximum absolute atomic E-state index is 12.8. The van der Waals surface area contributed by atoms with E-state index in [-0.39, 0.29) is 5.91 Å². The molecular weight excluding hydrogens is 342 g/mol. The summed E-state index contributed by atoms with van der Waals surface area (Å²) in [6, 6.07) is 14.0. The molecule has 0 aliphatic carbocycles. The van der Waals surface area contributed by atoms with E-state index in [2.05, 4.69) is 16.4 Å². The highest BCUT2D eigenvalue weighted by atomic mass is 32.1. The van der Waals surface area contributed by atoms with Gasteiger partial charge in [-0.15, -0.1) is 11.3 Å². The number of benzene rings is 2. The van der Waals surface area contributed by atoms with E-state index in [4.69, 9.17) is 5.73 Å². The lowest BCUT2D eigenvalue weighted by atomic mass is 10.1. The van der Waals surface area contributed by atoms with Crippen LogP contribution in [0.15, 0.2) is 42.5 Å². The van der Waals surface area contributed by atoms with Gasteiger partial charge in [0.2, 0.25) is 0 Å². The molecule has 0 spiro atoms. The van der Waals surface area contributed by atoms with E-state index < -0.39 is 0 Å². The minimum atomic E-state index is -0.195. The zero-order valence-corrected chi connectivity index (χ0v) is 15.7. The van der Waals surface area contributed by atoms with Crippen molar-refractivity contribution < 1.29 is 4.79 Å². The fourth-order valence-electron chi connectivity index (χ4n) is 3.06. The highest BCUT2D eigenvalue weighted by molar-refractivity contribution is 7.21. The van der Waals surface area contributed by atoms with Gasteiger partial charge in [-0.3, -0.25) is 4.79 Å². The molecule has 2 aromatic carbocycles. The molecule has 4 rings (SSSR count). The van der Waals surface area contributed by atoms with Gasteiger partial charge in [0.05, 0.1) is 11.2 Å². The number of nitrogen functional groups attached to an aromatic ring is 1. The van der Waals surface area contributed by atoms with Crippen molar-refractivity contribution >= 4 is 49.7 Å². The number of amides is 1. The Labute approximate surface area is 155 Å².